The van der Waals surface area contributed by atoms with E-state index < -0.39 is 12.1 Å². The van der Waals surface area contributed by atoms with Crippen molar-refractivity contribution >= 4 is 12.4 Å². The fraction of sp³-hybridized carbons (Fsp3) is 0.684. The van der Waals surface area contributed by atoms with Crippen molar-refractivity contribution < 1.29 is 10.2 Å². The maximum absolute atomic E-state index is 10.7. The molecule has 23 heavy (non-hydrogen) atoms. The molecule has 4 heteroatoms. The molecule has 0 radical (unpaired) electrons. The van der Waals surface area contributed by atoms with Crippen LogP contribution < -0.4 is 5.73 Å². The number of benzene rings is 1. The van der Waals surface area contributed by atoms with Gasteiger partial charge in [-0.15, -0.1) is 12.4 Å². The van der Waals surface area contributed by atoms with Crippen LogP contribution in [0.1, 0.15) is 78.1 Å². The minimum atomic E-state index is -0.606. The molecule has 2 atom stereocenters. The summed E-state index contributed by atoms with van der Waals surface area (Å²) in [6.45, 7) is 16.3. The third-order valence-electron chi connectivity index (χ3n) is 4.18. The molecule has 0 saturated carbocycles. The zero-order valence-electron chi connectivity index (χ0n) is 15.8. The molecule has 4 N–H and O–H groups in total. The highest BCUT2D eigenvalue weighted by Gasteiger charge is 2.29. The van der Waals surface area contributed by atoms with E-state index in [1.165, 1.54) is 0 Å². The van der Waals surface area contributed by atoms with Crippen molar-refractivity contribution in [3.8, 4) is 5.75 Å². The highest BCUT2D eigenvalue weighted by atomic mass is 35.5. The Hall–Kier alpha value is -0.770. The largest absolute Gasteiger partial charge is 0.507 e. The number of phenols is 1. The maximum atomic E-state index is 10.7. The lowest BCUT2D eigenvalue weighted by atomic mass is 9.77. The Kier molecular flexibility index (Phi) is 7.17. The van der Waals surface area contributed by atoms with Gasteiger partial charge >= 0.3 is 0 Å². The van der Waals surface area contributed by atoms with Crippen LogP contribution in [0.4, 0.5) is 0 Å². The lowest BCUT2D eigenvalue weighted by Crippen LogP contribution is -2.31. The van der Waals surface area contributed by atoms with Crippen molar-refractivity contribution in [1.29, 1.82) is 0 Å². The van der Waals surface area contributed by atoms with E-state index in [2.05, 4.69) is 41.5 Å². The van der Waals surface area contributed by atoms with E-state index in [4.69, 9.17) is 5.73 Å². The topological polar surface area (TPSA) is 66.5 Å². The van der Waals surface area contributed by atoms with Crippen LogP contribution in [-0.4, -0.2) is 16.3 Å². The first-order valence-corrected chi connectivity index (χ1v) is 8.08. The second-order valence-electron chi connectivity index (χ2n) is 8.73. The van der Waals surface area contributed by atoms with Crippen LogP contribution in [-0.2, 0) is 10.8 Å². The molecule has 0 bridgehead atoms. The molecule has 0 fully saturated rings. The van der Waals surface area contributed by atoms with E-state index in [9.17, 15) is 10.2 Å². The summed E-state index contributed by atoms with van der Waals surface area (Å²) in [5, 5.41) is 21.0. The average Bonchev–Trinajstić information content (AvgIpc) is 2.34. The number of aliphatic hydroxyl groups is 1. The van der Waals surface area contributed by atoms with Crippen LogP contribution in [0.15, 0.2) is 12.1 Å². The molecule has 1 aromatic carbocycles. The lowest BCUT2D eigenvalue weighted by molar-refractivity contribution is 0.0978. The summed E-state index contributed by atoms with van der Waals surface area (Å²) in [6, 6.07) is 3.43. The second kappa shape index (κ2) is 7.42. The fourth-order valence-corrected chi connectivity index (χ4v) is 2.60. The maximum Gasteiger partial charge on any atom is 0.123 e. The summed E-state index contributed by atoms with van der Waals surface area (Å²) >= 11 is 0. The van der Waals surface area contributed by atoms with E-state index in [0.717, 1.165) is 16.7 Å². The van der Waals surface area contributed by atoms with E-state index in [1.807, 2.05) is 26.0 Å². The van der Waals surface area contributed by atoms with Gasteiger partial charge in [-0.3, -0.25) is 0 Å². The number of phenolic OH excluding ortho intramolecular Hbond substituents is 1. The van der Waals surface area contributed by atoms with Gasteiger partial charge in [0.1, 0.15) is 5.75 Å². The summed E-state index contributed by atoms with van der Waals surface area (Å²) < 4.78 is 0. The molecule has 0 amide bonds. The average molecular weight is 344 g/mol. The molecule has 0 unspecified atom stereocenters. The summed E-state index contributed by atoms with van der Waals surface area (Å²) in [7, 11) is 0. The summed E-state index contributed by atoms with van der Waals surface area (Å²) in [4.78, 5) is 0. The van der Waals surface area contributed by atoms with Gasteiger partial charge in [0.15, 0.2) is 0 Å². The molecule has 134 valence electrons. The van der Waals surface area contributed by atoms with Crippen LogP contribution >= 0.6 is 12.4 Å². The lowest BCUT2D eigenvalue weighted by Gasteiger charge is -2.30. The Morgan fingerprint density at radius 2 is 1.26 bits per heavy atom. The molecule has 1 aromatic rings. The van der Waals surface area contributed by atoms with Crippen molar-refractivity contribution in [3.63, 3.8) is 0 Å². The Balaban J connectivity index is 0.00000484. The van der Waals surface area contributed by atoms with Gasteiger partial charge in [0.25, 0.3) is 0 Å². The molecule has 0 aliphatic carbocycles. The van der Waals surface area contributed by atoms with Crippen LogP contribution in [0.5, 0.6) is 5.75 Å². The summed E-state index contributed by atoms with van der Waals surface area (Å²) in [5.41, 5.74) is 8.53. The minimum Gasteiger partial charge on any atom is -0.507 e. The number of hydrogen-bond donors (Lipinski definition) is 3. The fourth-order valence-electron chi connectivity index (χ4n) is 2.60. The first-order valence-electron chi connectivity index (χ1n) is 8.08. The monoisotopic (exact) mass is 343 g/mol. The quantitative estimate of drug-likeness (QED) is 0.760. The Morgan fingerprint density at radius 1 is 0.913 bits per heavy atom. The number of nitrogens with two attached hydrogens (primary N) is 1. The molecule has 0 spiro atoms. The Bertz CT molecular complexity index is 492. The van der Waals surface area contributed by atoms with E-state index in [1.54, 1.807) is 0 Å². The Labute approximate surface area is 147 Å². The standard InChI is InChI=1S/C19H33NO2.ClH/c1-11(2)16(21)15(20)12-9-13(18(3,4)5)17(22)14(10-12)19(6,7)8;/h9-11,15-16,21-22H,20H2,1-8H3;1H/t15-,16+;/m1./s1. The molecule has 0 aromatic heterocycles. The van der Waals surface area contributed by atoms with Gasteiger partial charge in [-0.25, -0.2) is 0 Å². The van der Waals surface area contributed by atoms with Crippen molar-refractivity contribution in [1.82, 2.24) is 0 Å². The van der Waals surface area contributed by atoms with Gasteiger partial charge in [0.2, 0.25) is 0 Å². The van der Waals surface area contributed by atoms with Crippen molar-refractivity contribution in [2.45, 2.75) is 78.4 Å². The second-order valence-corrected chi connectivity index (χ2v) is 8.73. The molecular weight excluding hydrogens is 310 g/mol. The molecular formula is C19H34ClNO2. The van der Waals surface area contributed by atoms with Gasteiger partial charge in [0.05, 0.1) is 12.1 Å². The van der Waals surface area contributed by atoms with Crippen molar-refractivity contribution in [2.75, 3.05) is 0 Å². The zero-order chi connectivity index (χ0) is 17.5. The highest BCUT2D eigenvalue weighted by molar-refractivity contribution is 5.85. The number of aromatic hydroxyl groups is 1. The molecule has 1 rings (SSSR count). The molecule has 0 aliphatic rings. The molecule has 0 aliphatic heterocycles. The molecule has 3 nitrogen and oxygen atoms in total. The van der Waals surface area contributed by atoms with Gasteiger partial charge in [-0.2, -0.15) is 0 Å². The van der Waals surface area contributed by atoms with Crippen molar-refractivity contribution in [3.05, 3.63) is 28.8 Å². The first-order chi connectivity index (χ1) is 9.76. The number of aliphatic hydroxyl groups excluding tert-OH is 1. The van der Waals surface area contributed by atoms with Gasteiger partial charge < -0.3 is 15.9 Å². The van der Waals surface area contributed by atoms with Gasteiger partial charge in [-0.05, 0) is 45.6 Å². The third kappa shape index (κ3) is 5.10. The number of rotatable bonds is 3. The third-order valence-corrected chi connectivity index (χ3v) is 4.18. The number of hydrogen-bond acceptors (Lipinski definition) is 3. The van der Waals surface area contributed by atoms with E-state index in [0.29, 0.717) is 5.75 Å². The van der Waals surface area contributed by atoms with Crippen LogP contribution in [0.2, 0.25) is 0 Å². The summed E-state index contributed by atoms with van der Waals surface area (Å²) in [6.07, 6.45) is -0.606. The Morgan fingerprint density at radius 3 is 1.52 bits per heavy atom. The number of halogens is 1. The predicted molar refractivity (Wildman–Crippen MR) is 101 cm³/mol. The first kappa shape index (κ1) is 22.2. The van der Waals surface area contributed by atoms with Crippen LogP contribution in [0, 0.1) is 5.92 Å². The summed E-state index contributed by atoms with van der Waals surface area (Å²) in [5.74, 6) is 0.426. The van der Waals surface area contributed by atoms with E-state index >= 15 is 0 Å². The van der Waals surface area contributed by atoms with Gasteiger partial charge in [0, 0.05) is 0 Å². The van der Waals surface area contributed by atoms with Crippen molar-refractivity contribution in [2.24, 2.45) is 11.7 Å². The highest BCUT2D eigenvalue weighted by Crippen LogP contribution is 2.41. The minimum absolute atomic E-state index is 0. The zero-order valence-corrected chi connectivity index (χ0v) is 16.6. The van der Waals surface area contributed by atoms with E-state index in [-0.39, 0.29) is 29.2 Å². The molecule has 0 saturated heterocycles. The van der Waals surface area contributed by atoms with Crippen LogP contribution in [0.25, 0.3) is 0 Å². The van der Waals surface area contributed by atoms with Crippen LogP contribution in [0.3, 0.4) is 0 Å². The SMILES string of the molecule is CC(C)[C@H](O)[C@H](N)c1cc(C(C)(C)C)c(O)c(C(C)(C)C)c1.Cl. The molecule has 0 heterocycles. The van der Waals surface area contributed by atoms with Gasteiger partial charge in [-0.1, -0.05) is 55.4 Å². The smallest absolute Gasteiger partial charge is 0.123 e. The predicted octanol–water partition coefficient (Wildman–Crippen LogP) is 4.43. The normalized spacial score (nSPS) is 15.3.